The number of benzene rings is 1. The fraction of sp³-hybridized carbons (Fsp3) is 0.308. The van der Waals surface area contributed by atoms with Gasteiger partial charge < -0.3 is 15.8 Å². The van der Waals surface area contributed by atoms with E-state index in [1.165, 1.54) is 0 Å². The predicted molar refractivity (Wildman–Crippen MR) is 65.7 cm³/mol. The SMILES string of the molecule is NC1CCc2nc(-c3cccc(O)c3)[nH]c2C1. The van der Waals surface area contributed by atoms with Crippen molar-refractivity contribution in [3.63, 3.8) is 0 Å². The van der Waals surface area contributed by atoms with Gasteiger partial charge in [0.1, 0.15) is 11.6 Å². The fourth-order valence-electron chi connectivity index (χ4n) is 2.30. The maximum absolute atomic E-state index is 9.46. The third-order valence-corrected chi connectivity index (χ3v) is 3.20. The molecule has 0 saturated carbocycles. The van der Waals surface area contributed by atoms with E-state index < -0.39 is 0 Å². The molecule has 1 heterocycles. The molecule has 3 rings (SSSR count). The van der Waals surface area contributed by atoms with Crippen molar-refractivity contribution in [2.24, 2.45) is 5.73 Å². The number of H-pyrrole nitrogens is 1. The van der Waals surface area contributed by atoms with Gasteiger partial charge in [-0.15, -0.1) is 0 Å². The lowest BCUT2D eigenvalue weighted by Gasteiger charge is -2.15. The molecule has 2 aromatic rings. The lowest BCUT2D eigenvalue weighted by molar-refractivity contribution is 0.475. The van der Waals surface area contributed by atoms with E-state index in [1.54, 1.807) is 12.1 Å². The molecule has 1 unspecified atom stereocenters. The van der Waals surface area contributed by atoms with Gasteiger partial charge in [0.2, 0.25) is 0 Å². The number of aromatic amines is 1. The number of nitrogens with one attached hydrogen (secondary N) is 1. The van der Waals surface area contributed by atoms with Crippen molar-refractivity contribution >= 4 is 0 Å². The maximum atomic E-state index is 9.46. The molecule has 0 radical (unpaired) electrons. The maximum Gasteiger partial charge on any atom is 0.137 e. The second-order valence-electron chi connectivity index (χ2n) is 4.56. The van der Waals surface area contributed by atoms with Gasteiger partial charge in [0.05, 0.1) is 5.69 Å². The molecule has 0 spiro atoms. The normalized spacial score (nSPS) is 19.0. The third-order valence-electron chi connectivity index (χ3n) is 3.20. The van der Waals surface area contributed by atoms with Crippen LogP contribution in [0.5, 0.6) is 5.75 Å². The predicted octanol–water partition coefficient (Wildman–Crippen LogP) is 1.60. The Kier molecular flexibility index (Phi) is 2.37. The summed E-state index contributed by atoms with van der Waals surface area (Å²) < 4.78 is 0. The second kappa shape index (κ2) is 3.89. The van der Waals surface area contributed by atoms with E-state index in [-0.39, 0.29) is 11.8 Å². The number of aryl methyl sites for hydroxylation is 1. The number of imidazole rings is 1. The van der Waals surface area contributed by atoms with Crippen LogP contribution in [0.1, 0.15) is 17.8 Å². The number of aromatic nitrogens is 2. The Labute approximate surface area is 99.5 Å². The van der Waals surface area contributed by atoms with Gasteiger partial charge in [0, 0.05) is 23.7 Å². The number of nitrogens with zero attached hydrogens (tertiary/aromatic N) is 1. The number of phenols is 1. The monoisotopic (exact) mass is 229 g/mol. The first-order chi connectivity index (χ1) is 8.22. The van der Waals surface area contributed by atoms with E-state index in [0.29, 0.717) is 0 Å². The van der Waals surface area contributed by atoms with Gasteiger partial charge in [-0.1, -0.05) is 12.1 Å². The quantitative estimate of drug-likeness (QED) is 0.695. The summed E-state index contributed by atoms with van der Waals surface area (Å²) in [5, 5.41) is 9.46. The van der Waals surface area contributed by atoms with Crippen molar-refractivity contribution < 1.29 is 5.11 Å². The van der Waals surface area contributed by atoms with Crippen molar-refractivity contribution in [3.8, 4) is 17.1 Å². The Morgan fingerprint density at radius 2 is 2.29 bits per heavy atom. The van der Waals surface area contributed by atoms with Gasteiger partial charge in [0.15, 0.2) is 0 Å². The smallest absolute Gasteiger partial charge is 0.137 e. The Morgan fingerprint density at radius 3 is 3.12 bits per heavy atom. The van der Waals surface area contributed by atoms with Crippen molar-refractivity contribution in [1.82, 2.24) is 9.97 Å². The van der Waals surface area contributed by atoms with Gasteiger partial charge in [0.25, 0.3) is 0 Å². The Hall–Kier alpha value is -1.81. The molecule has 4 N–H and O–H groups in total. The Morgan fingerprint density at radius 1 is 1.41 bits per heavy atom. The molecular weight excluding hydrogens is 214 g/mol. The zero-order valence-electron chi connectivity index (χ0n) is 9.48. The molecule has 4 heteroatoms. The summed E-state index contributed by atoms with van der Waals surface area (Å²) in [6.45, 7) is 0. The van der Waals surface area contributed by atoms with Crippen LogP contribution in [-0.4, -0.2) is 21.1 Å². The number of hydrogen-bond acceptors (Lipinski definition) is 3. The highest BCUT2D eigenvalue weighted by Gasteiger charge is 2.19. The average molecular weight is 229 g/mol. The molecule has 0 amide bonds. The highest BCUT2D eigenvalue weighted by atomic mass is 16.3. The Balaban J connectivity index is 2.00. The Bertz CT molecular complexity index is 547. The number of hydrogen-bond donors (Lipinski definition) is 3. The number of nitrogens with two attached hydrogens (primary N) is 1. The first kappa shape index (κ1) is 10.4. The number of fused-ring (bicyclic) bond motifs is 1. The van der Waals surface area contributed by atoms with Crippen molar-refractivity contribution in [2.45, 2.75) is 25.3 Å². The molecule has 1 atom stereocenters. The summed E-state index contributed by atoms with van der Waals surface area (Å²) in [4.78, 5) is 7.88. The topological polar surface area (TPSA) is 74.9 Å². The fourth-order valence-corrected chi connectivity index (χ4v) is 2.30. The lowest BCUT2D eigenvalue weighted by atomic mass is 9.97. The summed E-state index contributed by atoms with van der Waals surface area (Å²) in [5.41, 5.74) is 9.10. The summed E-state index contributed by atoms with van der Waals surface area (Å²) in [7, 11) is 0. The number of rotatable bonds is 1. The summed E-state index contributed by atoms with van der Waals surface area (Å²) in [6.07, 6.45) is 2.80. The zero-order chi connectivity index (χ0) is 11.8. The molecule has 1 aliphatic carbocycles. The molecule has 4 nitrogen and oxygen atoms in total. The molecule has 1 aromatic carbocycles. The molecular formula is C13H15N3O. The number of phenolic OH excluding ortho intramolecular Hbond substituents is 1. The van der Waals surface area contributed by atoms with Crippen LogP contribution in [0.25, 0.3) is 11.4 Å². The van der Waals surface area contributed by atoms with E-state index >= 15 is 0 Å². The summed E-state index contributed by atoms with van der Waals surface area (Å²) in [6, 6.07) is 7.36. The van der Waals surface area contributed by atoms with Crippen LogP contribution in [0.3, 0.4) is 0 Å². The summed E-state index contributed by atoms with van der Waals surface area (Å²) >= 11 is 0. The first-order valence-corrected chi connectivity index (χ1v) is 5.85. The molecule has 17 heavy (non-hydrogen) atoms. The van der Waals surface area contributed by atoms with Crippen molar-refractivity contribution in [1.29, 1.82) is 0 Å². The van der Waals surface area contributed by atoms with Crippen LogP contribution in [0.15, 0.2) is 24.3 Å². The van der Waals surface area contributed by atoms with E-state index in [0.717, 1.165) is 42.0 Å². The molecule has 88 valence electrons. The van der Waals surface area contributed by atoms with Gasteiger partial charge in [-0.05, 0) is 25.0 Å². The molecule has 0 fully saturated rings. The van der Waals surface area contributed by atoms with Gasteiger partial charge in [-0.2, -0.15) is 0 Å². The van der Waals surface area contributed by atoms with E-state index in [1.807, 2.05) is 12.1 Å². The minimum Gasteiger partial charge on any atom is -0.508 e. The van der Waals surface area contributed by atoms with Crippen LogP contribution in [0, 0.1) is 0 Å². The minimum absolute atomic E-state index is 0.236. The van der Waals surface area contributed by atoms with Crippen LogP contribution in [0.2, 0.25) is 0 Å². The highest BCUT2D eigenvalue weighted by molar-refractivity contribution is 5.58. The standard InChI is InChI=1S/C13H15N3O/c14-9-4-5-11-12(7-9)16-13(15-11)8-2-1-3-10(17)6-8/h1-3,6,9,17H,4-5,7,14H2,(H,15,16). The zero-order valence-corrected chi connectivity index (χ0v) is 9.48. The van der Waals surface area contributed by atoms with Gasteiger partial charge >= 0.3 is 0 Å². The average Bonchev–Trinajstić information content (AvgIpc) is 2.72. The van der Waals surface area contributed by atoms with Gasteiger partial charge in [-0.25, -0.2) is 4.98 Å². The highest BCUT2D eigenvalue weighted by Crippen LogP contribution is 2.25. The lowest BCUT2D eigenvalue weighted by Crippen LogP contribution is -2.27. The number of aromatic hydroxyl groups is 1. The molecule has 0 saturated heterocycles. The van der Waals surface area contributed by atoms with Gasteiger partial charge in [-0.3, -0.25) is 0 Å². The van der Waals surface area contributed by atoms with Crippen LogP contribution in [-0.2, 0) is 12.8 Å². The summed E-state index contributed by atoms with van der Waals surface area (Å²) in [5.74, 6) is 1.08. The van der Waals surface area contributed by atoms with E-state index in [4.69, 9.17) is 5.73 Å². The van der Waals surface area contributed by atoms with E-state index in [2.05, 4.69) is 9.97 Å². The molecule has 1 aromatic heterocycles. The van der Waals surface area contributed by atoms with Crippen LogP contribution < -0.4 is 5.73 Å². The van der Waals surface area contributed by atoms with E-state index in [9.17, 15) is 5.11 Å². The van der Waals surface area contributed by atoms with Crippen LogP contribution in [0.4, 0.5) is 0 Å². The van der Waals surface area contributed by atoms with Crippen LogP contribution >= 0.6 is 0 Å². The van der Waals surface area contributed by atoms with Crippen molar-refractivity contribution in [3.05, 3.63) is 35.7 Å². The minimum atomic E-state index is 0.236. The largest absolute Gasteiger partial charge is 0.508 e. The van der Waals surface area contributed by atoms with Crippen molar-refractivity contribution in [2.75, 3.05) is 0 Å². The molecule has 0 aliphatic heterocycles. The molecule has 1 aliphatic rings. The molecule has 0 bridgehead atoms. The first-order valence-electron chi connectivity index (χ1n) is 5.85. The third kappa shape index (κ3) is 1.91. The second-order valence-corrected chi connectivity index (χ2v) is 4.56.